The van der Waals surface area contributed by atoms with Crippen LogP contribution in [0.15, 0.2) is 78.1 Å². The number of para-hydroxylation sites is 1. The van der Waals surface area contributed by atoms with Crippen LogP contribution in [0.5, 0.6) is 0 Å². The number of benzene rings is 1. The SMILES string of the molecule is C[C@@H](NC(=O)c1c(N)nn2cccnc12)c1cc2ncc(C#Cc3ccn(C)n3)n2c(=O)n1-c1ccccc1. The minimum atomic E-state index is -0.617. The van der Waals surface area contributed by atoms with E-state index in [-0.39, 0.29) is 17.1 Å². The number of nitrogens with two attached hydrogens (primary N) is 1. The van der Waals surface area contributed by atoms with Crippen LogP contribution in [0.3, 0.4) is 0 Å². The predicted octanol–water partition coefficient (Wildman–Crippen LogP) is 1.73. The monoisotopic (exact) mass is 518 g/mol. The van der Waals surface area contributed by atoms with Crippen molar-refractivity contribution in [3.05, 3.63) is 106 Å². The molecule has 0 radical (unpaired) electrons. The molecule has 1 aromatic carbocycles. The van der Waals surface area contributed by atoms with Gasteiger partial charge < -0.3 is 11.1 Å². The third-order valence-electron chi connectivity index (χ3n) is 6.19. The molecule has 0 aliphatic heterocycles. The van der Waals surface area contributed by atoms with Crippen LogP contribution in [0, 0.1) is 11.8 Å². The molecule has 0 fully saturated rings. The first-order valence-corrected chi connectivity index (χ1v) is 12.0. The molecule has 12 nitrogen and oxygen atoms in total. The van der Waals surface area contributed by atoms with Gasteiger partial charge in [-0.25, -0.2) is 23.7 Å². The smallest absolute Gasteiger partial charge is 0.339 e. The predicted molar refractivity (Wildman–Crippen MR) is 143 cm³/mol. The van der Waals surface area contributed by atoms with Crippen LogP contribution < -0.4 is 16.7 Å². The van der Waals surface area contributed by atoms with Crippen molar-refractivity contribution in [3.8, 4) is 17.5 Å². The van der Waals surface area contributed by atoms with Gasteiger partial charge in [-0.1, -0.05) is 18.2 Å². The molecular weight excluding hydrogens is 496 g/mol. The molecule has 6 aromatic rings. The minimum Gasteiger partial charge on any atom is -0.381 e. The molecule has 0 aliphatic rings. The van der Waals surface area contributed by atoms with Crippen molar-refractivity contribution in [2.24, 2.45) is 7.05 Å². The van der Waals surface area contributed by atoms with Gasteiger partial charge >= 0.3 is 5.69 Å². The Labute approximate surface area is 221 Å². The highest BCUT2D eigenvalue weighted by molar-refractivity contribution is 6.04. The van der Waals surface area contributed by atoms with Gasteiger partial charge in [0.05, 0.1) is 23.6 Å². The molecule has 0 bridgehead atoms. The first-order valence-electron chi connectivity index (χ1n) is 12.0. The molecule has 0 unspecified atom stereocenters. The van der Waals surface area contributed by atoms with Gasteiger partial charge in [-0.3, -0.25) is 14.0 Å². The maximum atomic E-state index is 13.9. The number of aromatic nitrogens is 8. The molecule has 39 heavy (non-hydrogen) atoms. The molecule has 1 atom stereocenters. The van der Waals surface area contributed by atoms with Crippen molar-refractivity contribution in [3.63, 3.8) is 0 Å². The van der Waals surface area contributed by atoms with Crippen LogP contribution in [0.2, 0.25) is 0 Å². The average Bonchev–Trinajstić information content (AvgIpc) is 3.63. The number of hydrogen-bond donors (Lipinski definition) is 2. The van der Waals surface area contributed by atoms with Crippen LogP contribution in [-0.2, 0) is 7.05 Å². The Hall–Kier alpha value is -5.70. The van der Waals surface area contributed by atoms with Gasteiger partial charge in [-0.05, 0) is 43.0 Å². The Morgan fingerprint density at radius 2 is 1.87 bits per heavy atom. The van der Waals surface area contributed by atoms with E-state index in [2.05, 4.69) is 37.3 Å². The van der Waals surface area contributed by atoms with Gasteiger partial charge in [0, 0.05) is 31.7 Å². The number of amides is 1. The van der Waals surface area contributed by atoms with E-state index >= 15 is 0 Å². The van der Waals surface area contributed by atoms with Gasteiger partial charge in [0.15, 0.2) is 11.5 Å². The van der Waals surface area contributed by atoms with Crippen LogP contribution in [0.1, 0.15) is 40.4 Å². The molecule has 0 saturated carbocycles. The fourth-order valence-corrected chi connectivity index (χ4v) is 4.39. The molecule has 3 N–H and O–H groups in total. The molecule has 5 aromatic heterocycles. The maximum absolute atomic E-state index is 13.9. The summed E-state index contributed by atoms with van der Waals surface area (Å²) in [7, 11) is 1.81. The number of hydrogen-bond acceptors (Lipinski definition) is 7. The fourth-order valence-electron chi connectivity index (χ4n) is 4.39. The lowest BCUT2D eigenvalue weighted by Crippen LogP contribution is -2.34. The Bertz CT molecular complexity index is 1990. The van der Waals surface area contributed by atoms with Gasteiger partial charge in [0.25, 0.3) is 5.91 Å². The highest BCUT2D eigenvalue weighted by atomic mass is 16.2. The second kappa shape index (κ2) is 9.31. The summed E-state index contributed by atoms with van der Waals surface area (Å²) in [6.07, 6.45) is 6.55. The number of anilines is 1. The number of rotatable bonds is 4. The number of nitrogens with one attached hydrogen (secondary N) is 1. The lowest BCUT2D eigenvalue weighted by molar-refractivity contribution is 0.0941. The topological polar surface area (TPSA) is 142 Å². The van der Waals surface area contributed by atoms with Crippen molar-refractivity contribution in [1.82, 2.24) is 43.6 Å². The maximum Gasteiger partial charge on any atom is 0.339 e. The van der Waals surface area contributed by atoms with Crippen LogP contribution in [0.25, 0.3) is 17.0 Å². The summed E-state index contributed by atoms with van der Waals surface area (Å²) in [6.45, 7) is 1.78. The number of fused-ring (bicyclic) bond motifs is 2. The zero-order chi connectivity index (χ0) is 27.1. The zero-order valence-corrected chi connectivity index (χ0v) is 21.0. The summed E-state index contributed by atoms with van der Waals surface area (Å²) in [5.41, 5.74) is 8.68. The largest absolute Gasteiger partial charge is 0.381 e. The second-order valence-electron chi connectivity index (χ2n) is 8.83. The normalized spacial score (nSPS) is 11.8. The van der Waals surface area contributed by atoms with Gasteiger partial charge in [0.2, 0.25) is 0 Å². The Balaban J connectivity index is 1.45. The van der Waals surface area contributed by atoms with E-state index in [1.54, 1.807) is 61.6 Å². The molecule has 6 rings (SSSR count). The molecule has 0 spiro atoms. The van der Waals surface area contributed by atoms with Crippen molar-refractivity contribution in [1.29, 1.82) is 0 Å². The quantitative estimate of drug-likeness (QED) is 0.339. The van der Waals surface area contributed by atoms with Gasteiger partial charge in [-0.15, -0.1) is 5.10 Å². The number of imidazole rings is 1. The van der Waals surface area contributed by atoms with E-state index in [1.807, 2.05) is 30.3 Å². The van der Waals surface area contributed by atoms with E-state index in [0.29, 0.717) is 34.1 Å². The lowest BCUT2D eigenvalue weighted by Gasteiger charge is -2.20. The van der Waals surface area contributed by atoms with E-state index in [4.69, 9.17) is 5.73 Å². The fraction of sp³-hybridized carbons (Fsp3) is 0.111. The van der Waals surface area contributed by atoms with Crippen LogP contribution in [-0.4, -0.2) is 44.2 Å². The first kappa shape index (κ1) is 23.7. The van der Waals surface area contributed by atoms with E-state index in [9.17, 15) is 9.59 Å². The lowest BCUT2D eigenvalue weighted by atomic mass is 10.1. The third kappa shape index (κ3) is 4.17. The molecular formula is C27H22N10O2. The summed E-state index contributed by atoms with van der Waals surface area (Å²) in [5.74, 6) is 5.56. The Kier molecular flexibility index (Phi) is 5.65. The zero-order valence-electron chi connectivity index (χ0n) is 21.0. The van der Waals surface area contributed by atoms with Crippen LogP contribution >= 0.6 is 0 Å². The minimum absolute atomic E-state index is 0.0543. The molecule has 0 aliphatic carbocycles. The van der Waals surface area contributed by atoms with E-state index in [1.165, 1.54) is 13.5 Å². The van der Waals surface area contributed by atoms with Gasteiger partial charge in [-0.2, -0.15) is 5.10 Å². The van der Waals surface area contributed by atoms with Crippen molar-refractivity contribution >= 4 is 23.0 Å². The van der Waals surface area contributed by atoms with E-state index in [0.717, 1.165) is 0 Å². The van der Waals surface area contributed by atoms with Gasteiger partial charge in [0.1, 0.15) is 22.6 Å². The van der Waals surface area contributed by atoms with E-state index < -0.39 is 11.9 Å². The number of nitrogens with zero attached hydrogens (tertiary/aromatic N) is 8. The highest BCUT2D eigenvalue weighted by Gasteiger charge is 2.24. The van der Waals surface area contributed by atoms with Crippen molar-refractivity contribution < 1.29 is 4.79 Å². The summed E-state index contributed by atoms with van der Waals surface area (Å²) in [4.78, 5) is 35.9. The summed E-state index contributed by atoms with van der Waals surface area (Å²) < 4.78 is 6.07. The summed E-state index contributed by atoms with van der Waals surface area (Å²) in [6, 6.07) is 13.8. The second-order valence-corrected chi connectivity index (χ2v) is 8.83. The van der Waals surface area contributed by atoms with Crippen molar-refractivity contribution in [2.75, 3.05) is 5.73 Å². The average molecular weight is 519 g/mol. The number of carbonyl (C=O) groups is 1. The highest BCUT2D eigenvalue weighted by Crippen LogP contribution is 2.21. The Morgan fingerprint density at radius 1 is 1.05 bits per heavy atom. The molecule has 5 heterocycles. The summed E-state index contributed by atoms with van der Waals surface area (Å²) >= 11 is 0. The number of carbonyl (C=O) groups excluding carboxylic acids is 1. The molecule has 12 heteroatoms. The Morgan fingerprint density at radius 3 is 2.64 bits per heavy atom. The molecule has 1 amide bonds. The van der Waals surface area contributed by atoms with Crippen molar-refractivity contribution in [2.45, 2.75) is 13.0 Å². The summed E-state index contributed by atoms with van der Waals surface area (Å²) in [5, 5.41) is 11.4. The van der Waals surface area contributed by atoms with Crippen LogP contribution in [0.4, 0.5) is 5.82 Å². The number of aryl methyl sites for hydroxylation is 1. The third-order valence-corrected chi connectivity index (χ3v) is 6.19. The molecule has 192 valence electrons. The molecule has 0 saturated heterocycles. The number of nitrogen functional groups attached to an aromatic ring is 1. The standard InChI is InChI=1S/C27H22N10O2/c1-17(31-26(38)23-24(28)33-35-13-6-12-29-25(23)35)21-15-22-30-16-20(10-9-18-11-14-34(2)32-18)37(22)27(39)36(21)19-7-4-3-5-8-19/h3-8,11-17H,1-2H3,(H2,28,33)(H,31,38)/t17-/m1/s1. The first-order chi connectivity index (χ1) is 18.9.